The molecule has 8 nitrogen and oxygen atoms in total. The van der Waals surface area contributed by atoms with Gasteiger partial charge in [-0.2, -0.15) is 26.9 Å². The molecule has 0 unspecified atom stereocenters. The van der Waals surface area contributed by atoms with Crippen molar-refractivity contribution in [1.29, 1.82) is 0 Å². The Morgan fingerprint density at radius 2 is 2.00 bits per heavy atom. The van der Waals surface area contributed by atoms with Crippen molar-refractivity contribution in [3.05, 3.63) is 16.3 Å². The van der Waals surface area contributed by atoms with Crippen LogP contribution in [-0.4, -0.2) is 33.6 Å². The minimum atomic E-state index is -5.86. The number of aromatic nitrogens is 2. The van der Waals surface area contributed by atoms with Crippen molar-refractivity contribution >= 4 is 11.6 Å². The summed E-state index contributed by atoms with van der Waals surface area (Å²) in [6, 6.07) is 0. The Hall–Kier alpha value is -2.31. The molecular formula is C7H6F5N5O3. The van der Waals surface area contributed by atoms with E-state index in [4.69, 9.17) is 5.84 Å². The number of ether oxygens (including phenoxy) is 1. The number of nitrogens with two attached hydrogens (primary N) is 1. The molecule has 0 atom stereocenters. The van der Waals surface area contributed by atoms with Crippen LogP contribution in [0.1, 0.15) is 0 Å². The Labute approximate surface area is 106 Å². The van der Waals surface area contributed by atoms with Crippen molar-refractivity contribution in [2.45, 2.75) is 12.1 Å². The van der Waals surface area contributed by atoms with Crippen molar-refractivity contribution in [3.63, 3.8) is 0 Å². The van der Waals surface area contributed by atoms with Crippen LogP contribution in [0, 0.1) is 10.1 Å². The molecule has 0 aliphatic carbocycles. The molecule has 3 N–H and O–H groups in total. The number of nitrogens with zero attached hydrogens (tertiary/aromatic N) is 3. The lowest BCUT2D eigenvalue weighted by atomic mass is 10.3. The first-order chi connectivity index (χ1) is 9.08. The average molecular weight is 303 g/mol. The highest BCUT2D eigenvalue weighted by atomic mass is 19.4. The van der Waals surface area contributed by atoms with Crippen LogP contribution in [0.2, 0.25) is 0 Å². The van der Waals surface area contributed by atoms with Crippen molar-refractivity contribution in [3.8, 4) is 5.88 Å². The van der Waals surface area contributed by atoms with Crippen LogP contribution in [0.5, 0.6) is 5.88 Å². The monoisotopic (exact) mass is 303 g/mol. The van der Waals surface area contributed by atoms with Crippen molar-refractivity contribution in [2.24, 2.45) is 5.84 Å². The van der Waals surface area contributed by atoms with Gasteiger partial charge in [0.25, 0.3) is 5.88 Å². The van der Waals surface area contributed by atoms with E-state index in [1.54, 1.807) is 0 Å². The van der Waals surface area contributed by atoms with Crippen LogP contribution in [0.4, 0.5) is 33.6 Å². The SMILES string of the molecule is NNc1ncc([N+](=O)[O-])c(OCC(F)(F)C(F)(F)F)n1. The molecule has 0 aliphatic heterocycles. The molecule has 1 aromatic rings. The topological polar surface area (TPSA) is 116 Å². The fourth-order valence-electron chi connectivity index (χ4n) is 0.902. The number of nitrogen functional groups attached to an aromatic ring is 1. The highest BCUT2D eigenvalue weighted by Gasteiger charge is 2.58. The average Bonchev–Trinajstić information content (AvgIpc) is 2.34. The zero-order chi connectivity index (χ0) is 15.6. The number of nitrogens with one attached hydrogen (secondary N) is 1. The summed E-state index contributed by atoms with van der Waals surface area (Å²) in [6.45, 7) is -2.17. The third kappa shape index (κ3) is 3.37. The number of anilines is 1. The summed E-state index contributed by atoms with van der Waals surface area (Å²) in [5.74, 6) is -1.85. The van der Waals surface area contributed by atoms with Gasteiger partial charge in [0.2, 0.25) is 5.95 Å². The molecule has 1 aromatic heterocycles. The van der Waals surface area contributed by atoms with E-state index in [1.807, 2.05) is 5.43 Å². The van der Waals surface area contributed by atoms with Crippen LogP contribution in [0.25, 0.3) is 0 Å². The second-order valence-corrected chi connectivity index (χ2v) is 3.28. The van der Waals surface area contributed by atoms with Crippen LogP contribution >= 0.6 is 0 Å². The van der Waals surface area contributed by atoms with Gasteiger partial charge in [-0.1, -0.05) is 0 Å². The molecule has 0 spiro atoms. The predicted octanol–water partition coefficient (Wildman–Crippen LogP) is 1.25. The third-order valence-electron chi connectivity index (χ3n) is 1.87. The summed E-state index contributed by atoms with van der Waals surface area (Å²) in [5, 5.41) is 10.5. The van der Waals surface area contributed by atoms with Crippen LogP contribution in [0.15, 0.2) is 6.20 Å². The fraction of sp³-hybridized carbons (Fsp3) is 0.429. The number of hydrazine groups is 1. The lowest BCUT2D eigenvalue weighted by Crippen LogP contribution is -2.42. The summed E-state index contributed by atoms with van der Waals surface area (Å²) >= 11 is 0. The Kier molecular flexibility index (Phi) is 4.22. The molecule has 0 radical (unpaired) electrons. The lowest BCUT2D eigenvalue weighted by Gasteiger charge is -2.19. The first kappa shape index (κ1) is 15.7. The summed E-state index contributed by atoms with van der Waals surface area (Å²) in [6.07, 6.45) is -5.31. The molecule has 0 aromatic carbocycles. The minimum Gasteiger partial charge on any atom is -0.466 e. The number of hydrogen-bond acceptors (Lipinski definition) is 7. The van der Waals surface area contributed by atoms with Gasteiger partial charge in [-0.25, -0.2) is 10.8 Å². The largest absolute Gasteiger partial charge is 0.466 e. The molecule has 0 fully saturated rings. The van der Waals surface area contributed by atoms with E-state index in [2.05, 4.69) is 14.7 Å². The molecule has 0 aliphatic rings. The minimum absolute atomic E-state index is 0.457. The molecule has 0 amide bonds. The van der Waals surface area contributed by atoms with Gasteiger partial charge in [0.05, 0.1) is 4.92 Å². The highest BCUT2D eigenvalue weighted by molar-refractivity contribution is 5.42. The standard InChI is InChI=1S/C7H6F5N5O3/c8-6(9,7(10,11)12)2-20-4-3(17(18)19)1-14-5(15-4)16-13/h1H,2,13H2,(H,14,15,16). The van der Waals surface area contributed by atoms with Gasteiger partial charge in [0, 0.05) is 0 Å². The maximum atomic E-state index is 12.6. The third-order valence-corrected chi connectivity index (χ3v) is 1.87. The Bertz CT molecular complexity index is 508. The zero-order valence-corrected chi connectivity index (χ0v) is 9.32. The number of rotatable bonds is 5. The van der Waals surface area contributed by atoms with E-state index in [9.17, 15) is 32.1 Å². The van der Waals surface area contributed by atoms with E-state index in [-0.39, 0.29) is 0 Å². The Morgan fingerprint density at radius 3 is 2.45 bits per heavy atom. The Balaban J connectivity index is 2.99. The van der Waals surface area contributed by atoms with E-state index in [1.165, 1.54) is 0 Å². The first-order valence-corrected chi connectivity index (χ1v) is 4.64. The maximum absolute atomic E-state index is 12.6. The van der Waals surface area contributed by atoms with Gasteiger partial charge in [-0.3, -0.25) is 15.5 Å². The summed E-state index contributed by atoms with van der Waals surface area (Å²) in [4.78, 5) is 15.9. The molecule has 0 saturated carbocycles. The molecule has 13 heteroatoms. The van der Waals surface area contributed by atoms with Crippen LogP contribution in [-0.2, 0) is 0 Å². The van der Waals surface area contributed by atoms with Crippen LogP contribution in [0.3, 0.4) is 0 Å². The van der Waals surface area contributed by atoms with E-state index in [0.29, 0.717) is 6.20 Å². The van der Waals surface area contributed by atoms with Crippen molar-refractivity contribution < 1.29 is 31.6 Å². The lowest BCUT2D eigenvalue weighted by molar-refractivity contribution is -0.386. The highest BCUT2D eigenvalue weighted by Crippen LogP contribution is 2.36. The number of halogens is 5. The van der Waals surface area contributed by atoms with E-state index >= 15 is 0 Å². The molecule has 20 heavy (non-hydrogen) atoms. The fourth-order valence-corrected chi connectivity index (χ4v) is 0.902. The van der Waals surface area contributed by atoms with Gasteiger partial charge in [-0.15, -0.1) is 0 Å². The van der Waals surface area contributed by atoms with Gasteiger partial charge < -0.3 is 4.74 Å². The molecule has 112 valence electrons. The predicted molar refractivity (Wildman–Crippen MR) is 53.0 cm³/mol. The molecular weight excluding hydrogens is 297 g/mol. The van der Waals surface area contributed by atoms with Crippen molar-refractivity contribution in [2.75, 3.05) is 12.0 Å². The quantitative estimate of drug-likeness (QED) is 0.364. The van der Waals surface area contributed by atoms with Gasteiger partial charge in [-0.05, 0) is 0 Å². The van der Waals surface area contributed by atoms with Crippen molar-refractivity contribution in [1.82, 2.24) is 9.97 Å². The number of nitro groups is 1. The second-order valence-electron chi connectivity index (χ2n) is 3.28. The van der Waals surface area contributed by atoms with Gasteiger partial charge in [0.15, 0.2) is 6.61 Å². The van der Waals surface area contributed by atoms with E-state index < -0.39 is 41.1 Å². The smallest absolute Gasteiger partial charge is 0.456 e. The maximum Gasteiger partial charge on any atom is 0.456 e. The summed E-state index contributed by atoms with van der Waals surface area (Å²) in [5.41, 5.74) is 0.842. The first-order valence-electron chi connectivity index (χ1n) is 4.64. The van der Waals surface area contributed by atoms with Gasteiger partial charge >= 0.3 is 17.8 Å². The second kappa shape index (κ2) is 5.36. The number of hydrogen-bond donors (Lipinski definition) is 2. The number of alkyl halides is 5. The summed E-state index contributed by atoms with van der Waals surface area (Å²) in [7, 11) is 0. The summed E-state index contributed by atoms with van der Waals surface area (Å²) < 4.78 is 65.1. The Morgan fingerprint density at radius 1 is 1.40 bits per heavy atom. The molecule has 1 heterocycles. The van der Waals surface area contributed by atoms with Gasteiger partial charge in [0.1, 0.15) is 6.20 Å². The van der Waals surface area contributed by atoms with E-state index in [0.717, 1.165) is 0 Å². The molecule has 0 saturated heterocycles. The zero-order valence-electron chi connectivity index (χ0n) is 9.32. The molecule has 1 rings (SSSR count). The normalized spacial score (nSPS) is 12.1. The van der Waals surface area contributed by atoms with Crippen LogP contribution < -0.4 is 16.0 Å². The molecule has 0 bridgehead atoms.